The standard InChI is InChI=1S/C17H24BrNO2/c1-12-10-13(2-3-15(12)18)16(19)14-4-7-21-17(11-14)5-8-20-9-6-17/h2-3,10,14,16H,4-9,11,19H2,1H3. The summed E-state index contributed by atoms with van der Waals surface area (Å²) in [5.74, 6) is 0.498. The van der Waals surface area contributed by atoms with Crippen LogP contribution in [0.3, 0.4) is 0 Å². The molecule has 2 atom stereocenters. The second-order valence-corrected chi connectivity index (χ2v) is 7.29. The minimum Gasteiger partial charge on any atom is -0.381 e. The van der Waals surface area contributed by atoms with Crippen molar-refractivity contribution in [3.63, 3.8) is 0 Å². The van der Waals surface area contributed by atoms with Crippen molar-refractivity contribution in [3.05, 3.63) is 33.8 Å². The minimum absolute atomic E-state index is 0.0171. The zero-order valence-corrected chi connectivity index (χ0v) is 14.2. The van der Waals surface area contributed by atoms with Crippen molar-refractivity contribution in [2.45, 2.75) is 44.2 Å². The van der Waals surface area contributed by atoms with E-state index in [1.54, 1.807) is 0 Å². The fourth-order valence-corrected chi connectivity index (χ4v) is 3.86. The SMILES string of the molecule is Cc1cc(C(N)C2CCOC3(CCOCC3)C2)ccc1Br. The molecule has 0 amide bonds. The molecule has 0 radical (unpaired) electrons. The van der Waals surface area contributed by atoms with E-state index in [0.29, 0.717) is 5.92 Å². The molecule has 3 rings (SSSR count). The van der Waals surface area contributed by atoms with Crippen LogP contribution < -0.4 is 5.73 Å². The highest BCUT2D eigenvalue weighted by molar-refractivity contribution is 9.10. The molecule has 0 bridgehead atoms. The molecule has 4 heteroatoms. The summed E-state index contributed by atoms with van der Waals surface area (Å²) in [7, 11) is 0. The molecule has 2 saturated heterocycles. The topological polar surface area (TPSA) is 44.5 Å². The maximum atomic E-state index is 6.58. The number of rotatable bonds is 2. The summed E-state index contributed by atoms with van der Waals surface area (Å²) in [6.45, 7) is 4.58. The lowest BCUT2D eigenvalue weighted by Crippen LogP contribution is -2.46. The van der Waals surface area contributed by atoms with E-state index >= 15 is 0 Å². The van der Waals surface area contributed by atoms with Crippen molar-refractivity contribution in [2.24, 2.45) is 11.7 Å². The first-order valence-electron chi connectivity index (χ1n) is 7.83. The molecule has 0 aromatic heterocycles. The van der Waals surface area contributed by atoms with Gasteiger partial charge in [-0.25, -0.2) is 0 Å². The number of halogens is 1. The van der Waals surface area contributed by atoms with E-state index in [4.69, 9.17) is 15.2 Å². The molecule has 2 fully saturated rings. The highest BCUT2D eigenvalue weighted by Gasteiger charge is 2.40. The van der Waals surface area contributed by atoms with Crippen molar-refractivity contribution < 1.29 is 9.47 Å². The molecular formula is C17H24BrNO2. The highest BCUT2D eigenvalue weighted by Crippen LogP contribution is 2.41. The van der Waals surface area contributed by atoms with E-state index in [1.807, 2.05) is 0 Å². The Morgan fingerprint density at radius 1 is 1.29 bits per heavy atom. The zero-order valence-electron chi connectivity index (χ0n) is 12.6. The maximum absolute atomic E-state index is 6.58. The lowest BCUT2D eigenvalue weighted by Gasteiger charge is -2.44. The fraction of sp³-hybridized carbons (Fsp3) is 0.647. The third-order valence-corrected chi connectivity index (χ3v) is 5.90. The Morgan fingerprint density at radius 3 is 2.76 bits per heavy atom. The molecule has 21 heavy (non-hydrogen) atoms. The van der Waals surface area contributed by atoms with Gasteiger partial charge in [-0.05, 0) is 55.7 Å². The smallest absolute Gasteiger partial charge is 0.0729 e. The first-order valence-corrected chi connectivity index (χ1v) is 8.62. The third kappa shape index (κ3) is 3.34. The van der Waals surface area contributed by atoms with Crippen LogP contribution in [0.25, 0.3) is 0 Å². The summed E-state index contributed by atoms with van der Waals surface area (Å²) >= 11 is 3.56. The molecule has 116 valence electrons. The fourth-order valence-electron chi connectivity index (χ4n) is 3.61. The molecule has 0 aliphatic carbocycles. The summed E-state index contributed by atoms with van der Waals surface area (Å²) in [5.41, 5.74) is 9.08. The van der Waals surface area contributed by atoms with Crippen molar-refractivity contribution >= 4 is 15.9 Å². The number of nitrogens with two attached hydrogens (primary N) is 1. The molecule has 2 unspecified atom stereocenters. The number of hydrogen-bond donors (Lipinski definition) is 1. The minimum atomic E-state index is 0.0171. The Labute approximate surface area is 135 Å². The van der Waals surface area contributed by atoms with Crippen LogP contribution in [0.5, 0.6) is 0 Å². The number of aryl methyl sites for hydroxylation is 1. The molecule has 2 heterocycles. The average Bonchev–Trinajstić information content (AvgIpc) is 2.50. The van der Waals surface area contributed by atoms with Crippen LogP contribution in [0.15, 0.2) is 22.7 Å². The maximum Gasteiger partial charge on any atom is 0.0729 e. The van der Waals surface area contributed by atoms with Gasteiger partial charge in [0, 0.05) is 30.3 Å². The van der Waals surface area contributed by atoms with Crippen molar-refractivity contribution in [2.75, 3.05) is 19.8 Å². The molecule has 2 N–H and O–H groups in total. The quantitative estimate of drug-likeness (QED) is 0.880. The van der Waals surface area contributed by atoms with E-state index in [9.17, 15) is 0 Å². The van der Waals surface area contributed by atoms with Crippen LogP contribution in [0.4, 0.5) is 0 Å². The number of benzene rings is 1. The van der Waals surface area contributed by atoms with Gasteiger partial charge in [0.15, 0.2) is 0 Å². The van der Waals surface area contributed by atoms with E-state index in [1.165, 1.54) is 11.1 Å². The first-order chi connectivity index (χ1) is 10.1. The van der Waals surface area contributed by atoms with Crippen LogP contribution in [0.2, 0.25) is 0 Å². The van der Waals surface area contributed by atoms with Gasteiger partial charge in [-0.15, -0.1) is 0 Å². The second kappa shape index (κ2) is 6.37. The van der Waals surface area contributed by atoms with E-state index in [0.717, 1.165) is 50.0 Å². The Bertz CT molecular complexity index is 494. The van der Waals surface area contributed by atoms with Crippen LogP contribution in [0.1, 0.15) is 42.9 Å². The van der Waals surface area contributed by atoms with E-state index < -0.39 is 0 Å². The molecule has 1 spiro atoms. The van der Waals surface area contributed by atoms with Gasteiger partial charge in [-0.3, -0.25) is 0 Å². The molecule has 2 aliphatic heterocycles. The zero-order chi connectivity index (χ0) is 14.9. The summed E-state index contributed by atoms with van der Waals surface area (Å²) in [5, 5.41) is 0. The van der Waals surface area contributed by atoms with Gasteiger partial charge in [0.1, 0.15) is 0 Å². The summed E-state index contributed by atoms with van der Waals surface area (Å²) < 4.78 is 12.8. The Kier molecular flexibility index (Phi) is 4.69. The molecule has 3 nitrogen and oxygen atoms in total. The largest absolute Gasteiger partial charge is 0.381 e. The molecular weight excluding hydrogens is 330 g/mol. The first kappa shape index (κ1) is 15.5. The van der Waals surface area contributed by atoms with Gasteiger partial charge < -0.3 is 15.2 Å². The number of ether oxygens (including phenoxy) is 2. The normalized spacial score (nSPS) is 26.7. The van der Waals surface area contributed by atoms with Gasteiger partial charge in [0.2, 0.25) is 0 Å². The van der Waals surface area contributed by atoms with Gasteiger partial charge >= 0.3 is 0 Å². The van der Waals surface area contributed by atoms with Gasteiger partial charge in [-0.1, -0.05) is 28.1 Å². The second-order valence-electron chi connectivity index (χ2n) is 6.43. The van der Waals surface area contributed by atoms with Gasteiger partial charge in [-0.2, -0.15) is 0 Å². The molecule has 1 aromatic rings. The summed E-state index contributed by atoms with van der Waals surface area (Å²) in [6.07, 6.45) is 4.14. The highest BCUT2D eigenvalue weighted by atomic mass is 79.9. The Hall–Kier alpha value is -0.420. The van der Waals surface area contributed by atoms with Gasteiger partial charge in [0.05, 0.1) is 5.60 Å². The summed E-state index contributed by atoms with van der Waals surface area (Å²) in [4.78, 5) is 0. The van der Waals surface area contributed by atoms with Crippen molar-refractivity contribution in [1.82, 2.24) is 0 Å². The van der Waals surface area contributed by atoms with Gasteiger partial charge in [0.25, 0.3) is 0 Å². The third-order valence-electron chi connectivity index (χ3n) is 5.01. The predicted molar refractivity (Wildman–Crippen MR) is 87.3 cm³/mol. The van der Waals surface area contributed by atoms with Crippen molar-refractivity contribution in [3.8, 4) is 0 Å². The van der Waals surface area contributed by atoms with E-state index in [2.05, 4.69) is 41.1 Å². The average molecular weight is 354 g/mol. The summed E-state index contributed by atoms with van der Waals surface area (Å²) in [6, 6.07) is 6.56. The number of hydrogen-bond acceptors (Lipinski definition) is 3. The monoisotopic (exact) mass is 353 g/mol. The predicted octanol–water partition coefficient (Wildman–Crippen LogP) is 3.73. The molecule has 2 aliphatic rings. The van der Waals surface area contributed by atoms with Crippen molar-refractivity contribution in [1.29, 1.82) is 0 Å². The lowest BCUT2D eigenvalue weighted by molar-refractivity contribution is -0.149. The lowest BCUT2D eigenvalue weighted by atomic mass is 9.76. The van der Waals surface area contributed by atoms with Crippen LogP contribution in [-0.4, -0.2) is 25.4 Å². The molecule has 1 aromatic carbocycles. The Balaban J connectivity index is 1.74. The van der Waals surface area contributed by atoms with Crippen LogP contribution in [0, 0.1) is 12.8 Å². The van der Waals surface area contributed by atoms with Crippen LogP contribution in [-0.2, 0) is 9.47 Å². The molecule has 0 saturated carbocycles. The van der Waals surface area contributed by atoms with Crippen LogP contribution >= 0.6 is 15.9 Å². The Morgan fingerprint density at radius 2 is 2.05 bits per heavy atom. The van der Waals surface area contributed by atoms with E-state index in [-0.39, 0.29) is 11.6 Å².